The van der Waals surface area contributed by atoms with Gasteiger partial charge in [0.1, 0.15) is 5.82 Å². The maximum Gasteiger partial charge on any atom is 0.242 e. The molecule has 0 atom stereocenters. The Labute approximate surface area is 131 Å². The van der Waals surface area contributed by atoms with Crippen LogP contribution in [0.3, 0.4) is 0 Å². The van der Waals surface area contributed by atoms with Gasteiger partial charge in [-0.2, -0.15) is 0 Å². The first-order chi connectivity index (χ1) is 9.94. The van der Waals surface area contributed by atoms with Gasteiger partial charge in [-0.15, -0.1) is 0 Å². The normalized spacial score (nSPS) is 10.1. The summed E-state index contributed by atoms with van der Waals surface area (Å²) in [5.74, 6) is -0.0726. The lowest BCUT2D eigenvalue weighted by Crippen LogP contribution is -2.34. The number of anilines is 2. The molecule has 0 saturated carbocycles. The van der Waals surface area contributed by atoms with Crippen molar-refractivity contribution >= 4 is 40.6 Å². The minimum atomic E-state index is -0.483. The molecular weight excluding hydrogens is 313 g/mol. The predicted octanol–water partition coefficient (Wildman–Crippen LogP) is 3.20. The molecule has 0 amide bonds. The molecule has 1 aromatic heterocycles. The molecule has 3 N–H and O–H groups in total. The third-order valence-corrected chi connectivity index (χ3v) is 2.94. The van der Waals surface area contributed by atoms with Crippen LogP contribution < -0.4 is 16.2 Å². The molecule has 0 saturated heterocycles. The Morgan fingerprint density at radius 3 is 2.48 bits per heavy atom. The average Bonchev–Trinajstić information content (AvgIpc) is 2.40. The number of aromatic nitrogens is 2. The van der Waals surface area contributed by atoms with Gasteiger partial charge in [0.05, 0.1) is 5.02 Å². The number of nitrogens with zero attached hydrogens (tertiary/aromatic N) is 2. The van der Waals surface area contributed by atoms with Gasteiger partial charge in [0.2, 0.25) is 5.95 Å². The van der Waals surface area contributed by atoms with Crippen molar-refractivity contribution in [3.8, 4) is 0 Å². The third-order valence-electron chi connectivity index (χ3n) is 2.45. The number of thiocarbonyl (C=S) groups is 1. The molecule has 1 heterocycles. The molecule has 0 radical (unpaired) electrons. The van der Waals surface area contributed by atoms with Crippen LogP contribution in [0.1, 0.15) is 11.4 Å². The van der Waals surface area contributed by atoms with Gasteiger partial charge in [0.25, 0.3) is 0 Å². The molecule has 8 heteroatoms. The van der Waals surface area contributed by atoms with Crippen molar-refractivity contribution in [3.63, 3.8) is 0 Å². The fourth-order valence-corrected chi connectivity index (χ4v) is 1.98. The topological polar surface area (TPSA) is 61.9 Å². The smallest absolute Gasteiger partial charge is 0.242 e. The van der Waals surface area contributed by atoms with E-state index in [1.807, 2.05) is 19.9 Å². The second kappa shape index (κ2) is 6.64. The van der Waals surface area contributed by atoms with Crippen LogP contribution in [0.5, 0.6) is 0 Å². The van der Waals surface area contributed by atoms with E-state index in [-0.39, 0.29) is 10.1 Å². The minimum Gasteiger partial charge on any atom is -0.331 e. The maximum absolute atomic E-state index is 13.0. The average molecular weight is 326 g/mol. The van der Waals surface area contributed by atoms with Gasteiger partial charge in [-0.3, -0.25) is 10.9 Å². The summed E-state index contributed by atoms with van der Waals surface area (Å²) in [5, 5.41) is 3.16. The summed E-state index contributed by atoms with van der Waals surface area (Å²) in [5.41, 5.74) is 7.79. The van der Waals surface area contributed by atoms with Crippen molar-refractivity contribution in [1.29, 1.82) is 0 Å². The van der Waals surface area contributed by atoms with Crippen molar-refractivity contribution in [3.05, 3.63) is 46.5 Å². The number of hydrogen-bond donors (Lipinski definition) is 3. The van der Waals surface area contributed by atoms with Gasteiger partial charge >= 0.3 is 0 Å². The zero-order chi connectivity index (χ0) is 15.4. The highest BCUT2D eigenvalue weighted by Gasteiger charge is 2.03. The SMILES string of the molecule is Cc1cc(C)nc(NNC(=S)Nc2ccc(F)c(Cl)c2)n1. The summed E-state index contributed by atoms with van der Waals surface area (Å²) in [6.07, 6.45) is 0. The Balaban J connectivity index is 1.94. The van der Waals surface area contributed by atoms with Crippen LogP contribution in [0.4, 0.5) is 16.0 Å². The lowest BCUT2D eigenvalue weighted by atomic mass is 10.3. The second-order valence-electron chi connectivity index (χ2n) is 4.31. The number of halogens is 2. The van der Waals surface area contributed by atoms with Crippen LogP contribution >= 0.6 is 23.8 Å². The van der Waals surface area contributed by atoms with Crippen LogP contribution in [-0.2, 0) is 0 Å². The highest BCUT2D eigenvalue weighted by atomic mass is 35.5. The van der Waals surface area contributed by atoms with Crippen molar-refractivity contribution in [1.82, 2.24) is 15.4 Å². The Kier molecular flexibility index (Phi) is 4.87. The first-order valence-corrected chi connectivity index (χ1v) is 6.83. The van der Waals surface area contributed by atoms with E-state index in [1.54, 1.807) is 0 Å². The van der Waals surface area contributed by atoms with Crippen LogP contribution in [0.15, 0.2) is 24.3 Å². The standard InChI is InChI=1S/C13H13ClFN5S/c1-7-5-8(2)17-12(16-7)19-20-13(21)18-9-3-4-11(15)10(14)6-9/h3-6H,1-2H3,(H,16,17,19)(H2,18,20,21). The van der Waals surface area contributed by atoms with Gasteiger partial charge < -0.3 is 5.32 Å². The molecule has 0 aliphatic rings. The van der Waals surface area contributed by atoms with Crippen LogP contribution in [0.25, 0.3) is 0 Å². The van der Waals surface area contributed by atoms with E-state index >= 15 is 0 Å². The van der Waals surface area contributed by atoms with Gasteiger partial charge in [0.15, 0.2) is 5.11 Å². The number of rotatable bonds is 3. The summed E-state index contributed by atoms with van der Waals surface area (Å²) in [6, 6.07) is 6.09. The molecule has 0 spiro atoms. The number of nitrogens with one attached hydrogen (secondary N) is 3. The molecule has 1 aromatic carbocycles. The largest absolute Gasteiger partial charge is 0.331 e. The van der Waals surface area contributed by atoms with Gasteiger partial charge in [-0.25, -0.2) is 14.4 Å². The van der Waals surface area contributed by atoms with Crippen LogP contribution in [0.2, 0.25) is 5.02 Å². The number of benzene rings is 1. The Bertz CT molecular complexity index is 659. The van der Waals surface area contributed by atoms with E-state index in [0.29, 0.717) is 11.6 Å². The molecule has 2 aromatic rings. The summed E-state index contributed by atoms with van der Waals surface area (Å²) < 4.78 is 13.0. The van der Waals surface area contributed by atoms with Gasteiger partial charge in [-0.05, 0) is 50.3 Å². The quantitative estimate of drug-likeness (QED) is 0.595. The number of aryl methyl sites for hydroxylation is 2. The van der Waals surface area contributed by atoms with Gasteiger partial charge in [-0.1, -0.05) is 11.6 Å². The van der Waals surface area contributed by atoms with E-state index in [9.17, 15) is 4.39 Å². The van der Waals surface area contributed by atoms with Crippen molar-refractivity contribution in [2.24, 2.45) is 0 Å². The summed E-state index contributed by atoms with van der Waals surface area (Å²) in [4.78, 5) is 8.39. The van der Waals surface area contributed by atoms with E-state index in [4.69, 9.17) is 23.8 Å². The van der Waals surface area contributed by atoms with Crippen LogP contribution in [0, 0.1) is 19.7 Å². The number of hydrazine groups is 1. The summed E-state index contributed by atoms with van der Waals surface area (Å²) in [7, 11) is 0. The van der Waals surface area contributed by atoms with Crippen molar-refractivity contribution in [2.75, 3.05) is 10.7 Å². The van der Waals surface area contributed by atoms with Crippen molar-refractivity contribution < 1.29 is 4.39 Å². The third kappa shape index (κ3) is 4.51. The Morgan fingerprint density at radius 1 is 1.19 bits per heavy atom. The first kappa shape index (κ1) is 15.4. The maximum atomic E-state index is 13.0. The predicted molar refractivity (Wildman–Crippen MR) is 85.9 cm³/mol. The molecular formula is C13H13ClFN5S. The Morgan fingerprint density at radius 2 is 1.86 bits per heavy atom. The molecule has 0 aliphatic carbocycles. The molecule has 5 nitrogen and oxygen atoms in total. The highest BCUT2D eigenvalue weighted by molar-refractivity contribution is 7.80. The molecule has 110 valence electrons. The second-order valence-corrected chi connectivity index (χ2v) is 5.12. The molecule has 0 aliphatic heterocycles. The van der Waals surface area contributed by atoms with Crippen molar-refractivity contribution in [2.45, 2.75) is 13.8 Å². The lowest BCUT2D eigenvalue weighted by molar-refractivity contribution is 0.628. The lowest BCUT2D eigenvalue weighted by Gasteiger charge is -2.12. The fraction of sp³-hybridized carbons (Fsp3) is 0.154. The van der Waals surface area contributed by atoms with E-state index in [1.165, 1.54) is 18.2 Å². The molecule has 21 heavy (non-hydrogen) atoms. The summed E-state index contributed by atoms with van der Waals surface area (Å²) in [6.45, 7) is 3.74. The first-order valence-electron chi connectivity index (χ1n) is 6.04. The zero-order valence-electron chi connectivity index (χ0n) is 11.4. The molecule has 0 unspecified atom stereocenters. The highest BCUT2D eigenvalue weighted by Crippen LogP contribution is 2.19. The molecule has 0 bridgehead atoms. The van der Waals surface area contributed by atoms with E-state index in [2.05, 4.69) is 26.1 Å². The van der Waals surface area contributed by atoms with E-state index in [0.717, 1.165) is 11.4 Å². The zero-order valence-corrected chi connectivity index (χ0v) is 12.9. The molecule has 0 fully saturated rings. The van der Waals surface area contributed by atoms with Crippen LogP contribution in [-0.4, -0.2) is 15.1 Å². The summed E-state index contributed by atoms with van der Waals surface area (Å²) >= 11 is 10.8. The number of hydrogen-bond acceptors (Lipinski definition) is 4. The minimum absolute atomic E-state index is 0.0217. The van der Waals surface area contributed by atoms with Gasteiger partial charge in [0, 0.05) is 17.1 Å². The van der Waals surface area contributed by atoms with E-state index < -0.39 is 5.82 Å². The monoisotopic (exact) mass is 325 g/mol. The fourth-order valence-electron chi connectivity index (χ4n) is 1.63. The molecule has 2 rings (SSSR count). The Hall–Kier alpha value is -1.99.